The third kappa shape index (κ3) is 3.96. The van der Waals surface area contributed by atoms with Crippen molar-refractivity contribution in [2.24, 2.45) is 0 Å². The van der Waals surface area contributed by atoms with Crippen LogP contribution < -0.4 is 10.9 Å². The Morgan fingerprint density at radius 2 is 1.76 bits per heavy atom. The first kappa shape index (κ1) is 18.7. The van der Waals surface area contributed by atoms with Gasteiger partial charge in [0.15, 0.2) is 0 Å². The average Bonchev–Trinajstić information content (AvgIpc) is 3.16. The summed E-state index contributed by atoms with van der Waals surface area (Å²) in [7, 11) is 0. The lowest BCUT2D eigenvalue weighted by molar-refractivity contribution is -0.116. The minimum Gasteiger partial charge on any atom is -0.325 e. The van der Waals surface area contributed by atoms with Crippen LogP contribution in [0.4, 0.5) is 5.69 Å². The molecule has 6 heteroatoms. The lowest BCUT2D eigenvalue weighted by Gasteiger charge is -2.09. The summed E-state index contributed by atoms with van der Waals surface area (Å²) in [6.07, 6.45) is 3.27. The van der Waals surface area contributed by atoms with E-state index in [1.807, 2.05) is 54.6 Å². The molecular formula is C23H22N4O2. The first-order valence-electron chi connectivity index (χ1n) is 9.55. The van der Waals surface area contributed by atoms with Crippen LogP contribution in [0.2, 0.25) is 0 Å². The predicted octanol–water partition coefficient (Wildman–Crippen LogP) is 3.93. The van der Waals surface area contributed by atoms with Crippen molar-refractivity contribution in [1.29, 1.82) is 0 Å². The van der Waals surface area contributed by atoms with E-state index in [2.05, 4.69) is 24.3 Å². The molecule has 4 rings (SSSR count). The quantitative estimate of drug-likeness (QED) is 0.565. The summed E-state index contributed by atoms with van der Waals surface area (Å²) in [5.41, 5.74) is 3.75. The second kappa shape index (κ2) is 7.75. The van der Waals surface area contributed by atoms with Crippen molar-refractivity contribution in [2.45, 2.75) is 26.3 Å². The molecule has 0 aliphatic rings. The Hall–Kier alpha value is -3.67. The average molecular weight is 386 g/mol. The predicted molar refractivity (Wildman–Crippen MR) is 114 cm³/mol. The summed E-state index contributed by atoms with van der Waals surface area (Å²) in [4.78, 5) is 25.2. The number of carbonyl (C=O) groups is 1. The van der Waals surface area contributed by atoms with Crippen molar-refractivity contribution in [3.05, 3.63) is 89.0 Å². The van der Waals surface area contributed by atoms with Gasteiger partial charge in [-0.2, -0.15) is 5.10 Å². The van der Waals surface area contributed by atoms with Crippen molar-refractivity contribution in [1.82, 2.24) is 14.2 Å². The van der Waals surface area contributed by atoms with E-state index in [4.69, 9.17) is 0 Å². The van der Waals surface area contributed by atoms with E-state index >= 15 is 0 Å². The summed E-state index contributed by atoms with van der Waals surface area (Å²) in [5.74, 6) is 0.179. The highest BCUT2D eigenvalue weighted by atomic mass is 16.2. The molecule has 2 heterocycles. The fraction of sp³-hybridized carbons (Fsp3) is 0.174. The van der Waals surface area contributed by atoms with E-state index in [9.17, 15) is 9.59 Å². The van der Waals surface area contributed by atoms with Gasteiger partial charge in [0, 0.05) is 23.6 Å². The summed E-state index contributed by atoms with van der Waals surface area (Å²) in [6, 6.07) is 19.2. The van der Waals surface area contributed by atoms with Crippen molar-refractivity contribution < 1.29 is 4.79 Å². The zero-order valence-corrected chi connectivity index (χ0v) is 16.4. The minimum absolute atomic E-state index is 0.0624. The van der Waals surface area contributed by atoms with Crippen LogP contribution in [-0.2, 0) is 11.3 Å². The lowest BCUT2D eigenvalue weighted by atomic mass is 10.0. The van der Waals surface area contributed by atoms with Crippen molar-refractivity contribution in [3.8, 4) is 11.3 Å². The number of nitrogens with one attached hydrogen (secondary N) is 1. The molecule has 1 amide bonds. The fourth-order valence-corrected chi connectivity index (χ4v) is 3.21. The Balaban J connectivity index is 1.54. The van der Waals surface area contributed by atoms with Crippen molar-refractivity contribution in [2.75, 3.05) is 5.32 Å². The summed E-state index contributed by atoms with van der Waals surface area (Å²) in [6.45, 7) is 4.18. The lowest BCUT2D eigenvalue weighted by Crippen LogP contribution is -2.28. The second-order valence-corrected chi connectivity index (χ2v) is 7.28. The highest BCUT2D eigenvalue weighted by molar-refractivity contribution is 5.90. The second-order valence-electron chi connectivity index (χ2n) is 7.28. The maximum absolute atomic E-state index is 12.8. The highest BCUT2D eigenvalue weighted by Crippen LogP contribution is 2.18. The van der Waals surface area contributed by atoms with Gasteiger partial charge in [-0.15, -0.1) is 0 Å². The molecule has 1 N–H and O–H groups in total. The van der Waals surface area contributed by atoms with Crippen molar-refractivity contribution in [3.63, 3.8) is 0 Å². The Morgan fingerprint density at radius 1 is 1.03 bits per heavy atom. The summed E-state index contributed by atoms with van der Waals surface area (Å²) >= 11 is 0. The number of anilines is 1. The van der Waals surface area contributed by atoms with Gasteiger partial charge in [-0.05, 0) is 29.7 Å². The molecule has 0 spiro atoms. The van der Waals surface area contributed by atoms with Crippen molar-refractivity contribution >= 4 is 17.1 Å². The number of nitrogens with zero attached hydrogens (tertiary/aromatic N) is 3. The highest BCUT2D eigenvalue weighted by Gasteiger charge is 2.11. The van der Waals surface area contributed by atoms with E-state index in [0.717, 1.165) is 11.3 Å². The van der Waals surface area contributed by atoms with Crippen LogP contribution in [0.5, 0.6) is 0 Å². The normalized spacial score (nSPS) is 11.1. The molecule has 0 bridgehead atoms. The van der Waals surface area contributed by atoms with Crippen LogP contribution in [-0.4, -0.2) is 20.1 Å². The van der Waals surface area contributed by atoms with E-state index in [-0.39, 0.29) is 18.0 Å². The Morgan fingerprint density at radius 3 is 2.45 bits per heavy atom. The molecular weight excluding hydrogens is 364 g/mol. The number of hydrogen-bond donors (Lipinski definition) is 1. The fourth-order valence-electron chi connectivity index (χ4n) is 3.21. The van der Waals surface area contributed by atoms with Gasteiger partial charge < -0.3 is 9.88 Å². The Bertz CT molecular complexity index is 1210. The largest absolute Gasteiger partial charge is 0.325 e. The number of hydrogen-bond acceptors (Lipinski definition) is 3. The maximum atomic E-state index is 12.8. The molecule has 0 aliphatic heterocycles. The first-order chi connectivity index (χ1) is 14.0. The van der Waals surface area contributed by atoms with Crippen LogP contribution >= 0.6 is 0 Å². The van der Waals surface area contributed by atoms with Crippen LogP contribution in [0.25, 0.3) is 16.8 Å². The van der Waals surface area contributed by atoms with Gasteiger partial charge in [0.2, 0.25) is 5.91 Å². The standard InChI is InChI=1S/C23H22N4O2/c1-16(2)17-8-10-19(11-9-17)24-22(28)15-26-12-13-27-21(23(26)29)14-20(25-27)18-6-4-3-5-7-18/h3-14,16H,15H2,1-2H3,(H,24,28). The van der Waals surface area contributed by atoms with Crippen LogP contribution in [0.15, 0.2) is 77.9 Å². The molecule has 29 heavy (non-hydrogen) atoms. The van der Waals surface area contributed by atoms with E-state index in [0.29, 0.717) is 17.1 Å². The topological polar surface area (TPSA) is 68.4 Å². The number of aromatic nitrogens is 3. The van der Waals surface area contributed by atoms with Crippen LogP contribution in [0, 0.1) is 0 Å². The number of fused-ring (bicyclic) bond motifs is 1. The molecule has 0 saturated carbocycles. The molecule has 4 aromatic rings. The van der Waals surface area contributed by atoms with E-state index in [1.165, 1.54) is 10.1 Å². The van der Waals surface area contributed by atoms with E-state index in [1.54, 1.807) is 23.0 Å². The van der Waals surface area contributed by atoms with Gasteiger partial charge in [-0.3, -0.25) is 9.59 Å². The molecule has 0 saturated heterocycles. The summed E-state index contributed by atoms with van der Waals surface area (Å²) in [5, 5.41) is 7.30. The molecule has 0 fully saturated rings. The number of amides is 1. The molecule has 0 radical (unpaired) electrons. The monoisotopic (exact) mass is 386 g/mol. The third-order valence-corrected chi connectivity index (χ3v) is 4.85. The molecule has 2 aromatic carbocycles. The Kier molecular flexibility index (Phi) is 4.99. The smallest absolute Gasteiger partial charge is 0.277 e. The SMILES string of the molecule is CC(C)c1ccc(NC(=O)Cn2ccn3nc(-c4ccccc4)cc3c2=O)cc1. The third-order valence-electron chi connectivity index (χ3n) is 4.85. The number of rotatable bonds is 5. The first-order valence-corrected chi connectivity index (χ1v) is 9.55. The zero-order valence-electron chi connectivity index (χ0n) is 16.4. The number of carbonyl (C=O) groups excluding carboxylic acids is 1. The van der Waals surface area contributed by atoms with Gasteiger partial charge in [0.25, 0.3) is 5.56 Å². The van der Waals surface area contributed by atoms with Crippen LogP contribution in [0.1, 0.15) is 25.3 Å². The van der Waals surface area contributed by atoms with Gasteiger partial charge >= 0.3 is 0 Å². The van der Waals surface area contributed by atoms with Gasteiger partial charge in [-0.1, -0.05) is 56.3 Å². The molecule has 0 aliphatic carbocycles. The molecule has 0 atom stereocenters. The van der Waals surface area contributed by atoms with E-state index < -0.39 is 0 Å². The van der Waals surface area contributed by atoms with Gasteiger partial charge in [0.05, 0.1) is 5.69 Å². The zero-order chi connectivity index (χ0) is 20.4. The number of benzene rings is 2. The maximum Gasteiger partial charge on any atom is 0.277 e. The summed E-state index contributed by atoms with van der Waals surface area (Å²) < 4.78 is 2.94. The molecule has 6 nitrogen and oxygen atoms in total. The Labute approximate surface area is 168 Å². The molecule has 146 valence electrons. The minimum atomic E-state index is -0.257. The van der Waals surface area contributed by atoms with Gasteiger partial charge in [-0.25, -0.2) is 4.52 Å². The molecule has 2 aromatic heterocycles. The van der Waals surface area contributed by atoms with Gasteiger partial charge in [0.1, 0.15) is 12.1 Å². The van der Waals surface area contributed by atoms with Crippen LogP contribution in [0.3, 0.4) is 0 Å². The molecule has 0 unspecified atom stereocenters.